The minimum atomic E-state index is -0.154. The van der Waals surface area contributed by atoms with Crippen molar-refractivity contribution in [2.45, 2.75) is 13.0 Å². The lowest BCUT2D eigenvalue weighted by molar-refractivity contribution is 0.0941. The van der Waals surface area contributed by atoms with Crippen molar-refractivity contribution in [2.75, 3.05) is 6.79 Å². The van der Waals surface area contributed by atoms with Crippen molar-refractivity contribution in [1.82, 2.24) is 10.3 Å². The zero-order valence-corrected chi connectivity index (χ0v) is 13.2. The van der Waals surface area contributed by atoms with E-state index in [1.165, 1.54) is 0 Å². The first-order valence-corrected chi connectivity index (χ1v) is 7.76. The number of hydrogen-bond donors (Lipinski definition) is 1. The maximum absolute atomic E-state index is 12.7. The average Bonchev–Trinajstić information content (AvgIpc) is 3.08. The van der Waals surface area contributed by atoms with E-state index in [9.17, 15) is 4.79 Å². The summed E-state index contributed by atoms with van der Waals surface area (Å²) in [6, 6.07) is 14.9. The first-order valence-electron chi connectivity index (χ1n) is 7.76. The van der Waals surface area contributed by atoms with Gasteiger partial charge in [0.05, 0.1) is 17.1 Å². The van der Waals surface area contributed by atoms with Crippen LogP contribution in [0.15, 0.2) is 54.7 Å². The van der Waals surface area contributed by atoms with Crippen molar-refractivity contribution in [2.24, 2.45) is 0 Å². The Morgan fingerprint density at radius 3 is 2.88 bits per heavy atom. The van der Waals surface area contributed by atoms with Gasteiger partial charge in [0.25, 0.3) is 5.91 Å². The summed E-state index contributed by atoms with van der Waals surface area (Å²) in [4.78, 5) is 17.0. The number of pyridine rings is 1. The van der Waals surface area contributed by atoms with E-state index in [4.69, 9.17) is 9.47 Å². The van der Waals surface area contributed by atoms with Crippen molar-refractivity contribution in [3.63, 3.8) is 0 Å². The number of hydrogen-bond acceptors (Lipinski definition) is 4. The quantitative estimate of drug-likeness (QED) is 0.803. The molecule has 5 heteroatoms. The summed E-state index contributed by atoms with van der Waals surface area (Å²) in [5.74, 6) is 1.32. The minimum absolute atomic E-state index is 0.126. The number of carbonyl (C=O) groups excluding carboxylic acids is 1. The third-order valence-corrected chi connectivity index (χ3v) is 4.14. The molecule has 1 atom stereocenters. The Morgan fingerprint density at radius 1 is 1.12 bits per heavy atom. The van der Waals surface area contributed by atoms with E-state index in [0.29, 0.717) is 11.3 Å². The molecule has 3 aromatic rings. The molecule has 4 rings (SSSR count). The van der Waals surface area contributed by atoms with Gasteiger partial charge >= 0.3 is 0 Å². The Morgan fingerprint density at radius 2 is 1.96 bits per heavy atom. The number of carbonyl (C=O) groups is 1. The molecule has 1 aliphatic heterocycles. The molecule has 1 unspecified atom stereocenters. The first-order chi connectivity index (χ1) is 11.7. The number of nitrogens with one attached hydrogen (secondary N) is 1. The smallest absolute Gasteiger partial charge is 0.252 e. The van der Waals surface area contributed by atoms with E-state index in [-0.39, 0.29) is 18.7 Å². The van der Waals surface area contributed by atoms with Gasteiger partial charge in [-0.2, -0.15) is 0 Å². The molecule has 0 radical (unpaired) electrons. The Hall–Kier alpha value is -3.08. The summed E-state index contributed by atoms with van der Waals surface area (Å²) < 4.78 is 10.7. The van der Waals surface area contributed by atoms with Crippen LogP contribution < -0.4 is 14.8 Å². The predicted molar refractivity (Wildman–Crippen MR) is 90.2 cm³/mol. The maximum atomic E-state index is 12.7. The van der Waals surface area contributed by atoms with E-state index < -0.39 is 0 Å². The second-order valence-electron chi connectivity index (χ2n) is 5.68. The van der Waals surface area contributed by atoms with Gasteiger partial charge in [0.1, 0.15) is 0 Å². The fourth-order valence-corrected chi connectivity index (χ4v) is 2.83. The third-order valence-electron chi connectivity index (χ3n) is 4.14. The van der Waals surface area contributed by atoms with Gasteiger partial charge in [-0.3, -0.25) is 9.78 Å². The Labute approximate surface area is 139 Å². The minimum Gasteiger partial charge on any atom is -0.454 e. The predicted octanol–water partition coefficient (Wildman–Crippen LogP) is 3.45. The zero-order valence-electron chi connectivity index (χ0n) is 13.2. The molecule has 2 aromatic carbocycles. The molecule has 0 saturated carbocycles. The van der Waals surface area contributed by atoms with Crippen LogP contribution in [-0.2, 0) is 0 Å². The van der Waals surface area contributed by atoms with Crippen LogP contribution in [0.25, 0.3) is 10.9 Å². The second-order valence-corrected chi connectivity index (χ2v) is 5.68. The molecule has 1 amide bonds. The van der Waals surface area contributed by atoms with Crippen molar-refractivity contribution in [3.05, 3.63) is 65.9 Å². The van der Waals surface area contributed by atoms with E-state index in [1.807, 2.05) is 49.4 Å². The van der Waals surface area contributed by atoms with Gasteiger partial charge in [0.2, 0.25) is 6.79 Å². The van der Waals surface area contributed by atoms with Gasteiger partial charge in [-0.05, 0) is 36.8 Å². The number of aromatic nitrogens is 1. The Balaban J connectivity index is 1.59. The summed E-state index contributed by atoms with van der Waals surface area (Å²) in [7, 11) is 0. The van der Waals surface area contributed by atoms with Crippen LogP contribution in [0.5, 0.6) is 11.5 Å². The van der Waals surface area contributed by atoms with Gasteiger partial charge in [-0.1, -0.05) is 24.3 Å². The van der Waals surface area contributed by atoms with Crippen LogP contribution in [0, 0.1) is 0 Å². The topological polar surface area (TPSA) is 60.5 Å². The number of benzene rings is 2. The molecule has 1 N–H and O–H groups in total. The van der Waals surface area contributed by atoms with Crippen LogP contribution >= 0.6 is 0 Å². The van der Waals surface area contributed by atoms with Crippen LogP contribution in [0.3, 0.4) is 0 Å². The van der Waals surface area contributed by atoms with E-state index in [2.05, 4.69) is 10.3 Å². The molecule has 2 heterocycles. The molecule has 0 bridgehead atoms. The zero-order chi connectivity index (χ0) is 16.5. The van der Waals surface area contributed by atoms with E-state index >= 15 is 0 Å². The molecule has 0 aliphatic carbocycles. The number of nitrogens with zero attached hydrogens (tertiary/aromatic N) is 1. The molecular weight excluding hydrogens is 304 g/mol. The van der Waals surface area contributed by atoms with Crippen molar-refractivity contribution in [1.29, 1.82) is 0 Å². The normalized spacial score (nSPS) is 13.7. The number of rotatable bonds is 3. The monoisotopic (exact) mass is 320 g/mol. The van der Waals surface area contributed by atoms with Gasteiger partial charge in [-0.15, -0.1) is 0 Å². The fraction of sp³-hybridized carbons (Fsp3) is 0.158. The second kappa shape index (κ2) is 5.85. The molecule has 0 spiro atoms. The van der Waals surface area contributed by atoms with Crippen LogP contribution in [0.4, 0.5) is 0 Å². The average molecular weight is 320 g/mol. The van der Waals surface area contributed by atoms with Gasteiger partial charge in [-0.25, -0.2) is 0 Å². The number of fused-ring (bicyclic) bond motifs is 2. The summed E-state index contributed by atoms with van der Waals surface area (Å²) >= 11 is 0. The number of para-hydroxylation sites is 1. The lowest BCUT2D eigenvalue weighted by Crippen LogP contribution is -2.26. The SMILES string of the molecule is CC(NC(=O)c1ccnc2ccccc12)c1ccc2c(c1)OCO2. The molecule has 1 aliphatic rings. The fourth-order valence-electron chi connectivity index (χ4n) is 2.83. The molecule has 0 fully saturated rings. The first kappa shape index (κ1) is 14.5. The lowest BCUT2D eigenvalue weighted by atomic mass is 10.1. The summed E-state index contributed by atoms with van der Waals surface area (Å²) in [5, 5.41) is 3.88. The molecular formula is C19H16N2O3. The van der Waals surface area contributed by atoms with Crippen molar-refractivity contribution in [3.8, 4) is 11.5 Å². The standard InChI is InChI=1S/C19H16N2O3/c1-12(13-6-7-17-18(10-13)24-11-23-17)21-19(22)15-8-9-20-16-5-3-2-4-14(15)16/h2-10,12H,11H2,1H3,(H,21,22). The Bertz CT molecular complexity index is 918. The highest BCUT2D eigenvalue weighted by atomic mass is 16.7. The highest BCUT2D eigenvalue weighted by molar-refractivity contribution is 6.06. The number of ether oxygens (including phenoxy) is 2. The van der Waals surface area contributed by atoms with Crippen LogP contribution in [-0.4, -0.2) is 17.7 Å². The summed E-state index contributed by atoms with van der Waals surface area (Å²) in [5.41, 5.74) is 2.39. The van der Waals surface area contributed by atoms with Crippen molar-refractivity contribution >= 4 is 16.8 Å². The highest BCUT2D eigenvalue weighted by Crippen LogP contribution is 2.34. The maximum Gasteiger partial charge on any atom is 0.252 e. The Kier molecular flexibility index (Phi) is 3.54. The highest BCUT2D eigenvalue weighted by Gasteiger charge is 2.18. The van der Waals surface area contributed by atoms with Gasteiger partial charge in [0.15, 0.2) is 11.5 Å². The van der Waals surface area contributed by atoms with E-state index in [1.54, 1.807) is 12.3 Å². The number of amides is 1. The largest absolute Gasteiger partial charge is 0.454 e. The summed E-state index contributed by atoms with van der Waals surface area (Å²) in [6.45, 7) is 2.18. The summed E-state index contributed by atoms with van der Waals surface area (Å²) in [6.07, 6.45) is 1.66. The van der Waals surface area contributed by atoms with E-state index in [0.717, 1.165) is 22.2 Å². The molecule has 5 nitrogen and oxygen atoms in total. The molecule has 24 heavy (non-hydrogen) atoms. The van der Waals surface area contributed by atoms with Crippen LogP contribution in [0.2, 0.25) is 0 Å². The van der Waals surface area contributed by atoms with Gasteiger partial charge < -0.3 is 14.8 Å². The molecule has 0 saturated heterocycles. The van der Waals surface area contributed by atoms with Gasteiger partial charge in [0, 0.05) is 11.6 Å². The lowest BCUT2D eigenvalue weighted by Gasteiger charge is -2.15. The molecule has 120 valence electrons. The van der Waals surface area contributed by atoms with Crippen LogP contribution in [0.1, 0.15) is 28.9 Å². The third kappa shape index (κ3) is 2.54. The molecule has 1 aromatic heterocycles. The van der Waals surface area contributed by atoms with Crippen molar-refractivity contribution < 1.29 is 14.3 Å².